The lowest BCUT2D eigenvalue weighted by Crippen LogP contribution is -2.32. The summed E-state index contributed by atoms with van der Waals surface area (Å²) in [6, 6.07) is -0.128. The van der Waals surface area contributed by atoms with Crippen LogP contribution in [0.1, 0.15) is 40.0 Å². The van der Waals surface area contributed by atoms with E-state index in [1.54, 1.807) is 0 Å². The van der Waals surface area contributed by atoms with Crippen molar-refractivity contribution in [1.82, 2.24) is 10.2 Å². The fourth-order valence-corrected chi connectivity index (χ4v) is 1.90. The fraction of sp³-hybridized carbons (Fsp3) is 0.833. The molecule has 0 bridgehead atoms. The monoisotopic (exact) mass is 225 g/mol. The highest BCUT2D eigenvalue weighted by Crippen LogP contribution is 2.09. The van der Waals surface area contributed by atoms with E-state index in [0.29, 0.717) is 0 Å². The number of hydrogen-bond acceptors (Lipinski definition) is 3. The molecule has 4 heteroatoms. The van der Waals surface area contributed by atoms with Crippen molar-refractivity contribution >= 4 is 11.7 Å². The number of carbonyl (C=O) groups is 1. The average molecular weight is 225 g/mol. The predicted octanol–water partition coefficient (Wildman–Crippen LogP) is 1.42. The largest absolute Gasteiger partial charge is 0.313 e. The molecule has 1 aliphatic heterocycles. The van der Waals surface area contributed by atoms with Crippen LogP contribution in [0.4, 0.5) is 0 Å². The number of nitrogens with one attached hydrogen (secondary N) is 1. The number of carbonyl (C=O) groups excluding carboxylic acids is 1. The highest BCUT2D eigenvalue weighted by molar-refractivity contribution is 6.05. The molecule has 1 unspecified atom stereocenters. The van der Waals surface area contributed by atoms with E-state index in [1.165, 1.54) is 0 Å². The van der Waals surface area contributed by atoms with Crippen LogP contribution in [0, 0.1) is 0 Å². The summed E-state index contributed by atoms with van der Waals surface area (Å²) in [5.74, 6) is 0.951. The maximum Gasteiger partial charge on any atom is 0.250 e. The lowest BCUT2D eigenvalue weighted by Gasteiger charge is -2.17. The van der Waals surface area contributed by atoms with Crippen LogP contribution in [-0.2, 0) is 4.79 Å². The minimum atomic E-state index is -0.128. The summed E-state index contributed by atoms with van der Waals surface area (Å²) in [6.07, 6.45) is 2.72. The van der Waals surface area contributed by atoms with Gasteiger partial charge in [-0.25, -0.2) is 0 Å². The maximum absolute atomic E-state index is 11.5. The van der Waals surface area contributed by atoms with E-state index in [9.17, 15) is 4.79 Å². The van der Waals surface area contributed by atoms with E-state index >= 15 is 0 Å². The maximum atomic E-state index is 11.5. The van der Waals surface area contributed by atoms with Crippen molar-refractivity contribution in [2.24, 2.45) is 4.99 Å². The van der Waals surface area contributed by atoms with Crippen LogP contribution in [0.25, 0.3) is 0 Å². The predicted molar refractivity (Wildman–Crippen MR) is 66.7 cm³/mol. The summed E-state index contributed by atoms with van der Waals surface area (Å²) in [7, 11) is 0. The quantitative estimate of drug-likeness (QED) is 0.712. The Kier molecular flexibility index (Phi) is 5.46. The van der Waals surface area contributed by atoms with E-state index in [2.05, 4.69) is 36.0 Å². The Hall–Kier alpha value is -0.900. The van der Waals surface area contributed by atoms with Crippen molar-refractivity contribution in [3.8, 4) is 0 Å². The second-order valence-corrected chi connectivity index (χ2v) is 4.15. The SMILES string of the molecule is CCCC1N=C(CCN(CC)CC)NC1=O. The number of amides is 1. The van der Waals surface area contributed by atoms with Gasteiger partial charge < -0.3 is 10.2 Å². The molecule has 0 saturated carbocycles. The minimum Gasteiger partial charge on any atom is -0.313 e. The molecule has 0 spiro atoms. The van der Waals surface area contributed by atoms with Gasteiger partial charge in [-0.2, -0.15) is 0 Å². The first-order valence-electron chi connectivity index (χ1n) is 6.31. The van der Waals surface area contributed by atoms with Gasteiger partial charge in [0.1, 0.15) is 11.9 Å². The Morgan fingerprint density at radius 3 is 2.56 bits per heavy atom. The van der Waals surface area contributed by atoms with Crippen molar-refractivity contribution in [3.63, 3.8) is 0 Å². The Bertz CT molecular complexity index is 259. The van der Waals surface area contributed by atoms with Crippen LogP contribution < -0.4 is 5.32 Å². The third kappa shape index (κ3) is 3.59. The second kappa shape index (κ2) is 6.63. The molecular formula is C12H23N3O. The highest BCUT2D eigenvalue weighted by Gasteiger charge is 2.24. The summed E-state index contributed by atoms with van der Waals surface area (Å²) >= 11 is 0. The second-order valence-electron chi connectivity index (χ2n) is 4.15. The molecule has 0 aliphatic carbocycles. The lowest BCUT2D eigenvalue weighted by atomic mass is 10.2. The smallest absolute Gasteiger partial charge is 0.250 e. The van der Waals surface area contributed by atoms with Crippen LogP contribution in [0.15, 0.2) is 4.99 Å². The van der Waals surface area contributed by atoms with Crippen LogP contribution in [-0.4, -0.2) is 42.3 Å². The van der Waals surface area contributed by atoms with Gasteiger partial charge in [0.2, 0.25) is 5.91 Å². The zero-order chi connectivity index (χ0) is 12.0. The molecule has 0 aromatic heterocycles. The van der Waals surface area contributed by atoms with Gasteiger partial charge in [-0.05, 0) is 19.5 Å². The Balaban J connectivity index is 2.38. The molecule has 1 aliphatic rings. The topological polar surface area (TPSA) is 44.7 Å². The van der Waals surface area contributed by atoms with Crippen molar-refractivity contribution in [2.45, 2.75) is 46.1 Å². The van der Waals surface area contributed by atoms with Crippen LogP contribution >= 0.6 is 0 Å². The van der Waals surface area contributed by atoms with Gasteiger partial charge in [-0.1, -0.05) is 27.2 Å². The minimum absolute atomic E-state index is 0.0800. The van der Waals surface area contributed by atoms with Gasteiger partial charge in [-0.3, -0.25) is 9.79 Å². The summed E-state index contributed by atoms with van der Waals surface area (Å²) in [6.45, 7) is 9.46. The van der Waals surface area contributed by atoms with Gasteiger partial charge in [0.25, 0.3) is 0 Å². The van der Waals surface area contributed by atoms with E-state index in [-0.39, 0.29) is 11.9 Å². The van der Waals surface area contributed by atoms with Gasteiger partial charge in [-0.15, -0.1) is 0 Å². The number of amidine groups is 1. The fourth-order valence-electron chi connectivity index (χ4n) is 1.90. The first-order chi connectivity index (χ1) is 7.71. The van der Waals surface area contributed by atoms with Crippen molar-refractivity contribution in [1.29, 1.82) is 0 Å². The lowest BCUT2D eigenvalue weighted by molar-refractivity contribution is -0.120. The standard InChI is InChI=1S/C12H23N3O/c1-4-7-10-12(16)14-11(13-10)8-9-15(5-2)6-3/h10H,4-9H2,1-3H3,(H,13,14,16). The molecule has 0 fully saturated rings. The Labute approximate surface area is 98.1 Å². The average Bonchev–Trinajstić information content (AvgIpc) is 2.62. The molecule has 1 atom stereocenters. The number of rotatable bonds is 7. The van der Waals surface area contributed by atoms with Crippen LogP contribution in [0.5, 0.6) is 0 Å². The van der Waals surface area contributed by atoms with E-state index in [1.807, 2.05) is 0 Å². The van der Waals surface area contributed by atoms with Gasteiger partial charge >= 0.3 is 0 Å². The molecule has 1 N–H and O–H groups in total. The molecule has 0 aromatic rings. The third-order valence-electron chi connectivity index (χ3n) is 3.00. The Morgan fingerprint density at radius 2 is 2.00 bits per heavy atom. The summed E-state index contributed by atoms with van der Waals surface area (Å²) in [5.41, 5.74) is 0. The van der Waals surface area contributed by atoms with Gasteiger partial charge in [0.15, 0.2) is 0 Å². The molecule has 0 radical (unpaired) electrons. The summed E-state index contributed by atoms with van der Waals surface area (Å²) in [5, 5.41) is 2.88. The molecule has 0 saturated heterocycles. The zero-order valence-electron chi connectivity index (χ0n) is 10.6. The van der Waals surface area contributed by atoms with Crippen LogP contribution in [0.3, 0.4) is 0 Å². The normalized spacial score (nSPS) is 20.1. The van der Waals surface area contributed by atoms with Crippen LogP contribution in [0.2, 0.25) is 0 Å². The third-order valence-corrected chi connectivity index (χ3v) is 3.00. The summed E-state index contributed by atoms with van der Waals surface area (Å²) < 4.78 is 0. The number of aliphatic imine (C=N–C) groups is 1. The highest BCUT2D eigenvalue weighted by atomic mass is 16.2. The van der Waals surface area contributed by atoms with Gasteiger partial charge in [0, 0.05) is 13.0 Å². The molecule has 92 valence electrons. The summed E-state index contributed by atoms with van der Waals surface area (Å²) in [4.78, 5) is 18.3. The number of nitrogens with zero attached hydrogens (tertiary/aromatic N) is 2. The first kappa shape index (κ1) is 13.2. The molecule has 1 amide bonds. The van der Waals surface area contributed by atoms with E-state index < -0.39 is 0 Å². The van der Waals surface area contributed by atoms with E-state index in [4.69, 9.17) is 0 Å². The van der Waals surface area contributed by atoms with Crippen molar-refractivity contribution in [2.75, 3.05) is 19.6 Å². The molecule has 1 heterocycles. The van der Waals surface area contributed by atoms with Crippen molar-refractivity contribution in [3.05, 3.63) is 0 Å². The molecule has 16 heavy (non-hydrogen) atoms. The molecule has 4 nitrogen and oxygen atoms in total. The molecular weight excluding hydrogens is 202 g/mol. The Morgan fingerprint density at radius 1 is 1.31 bits per heavy atom. The van der Waals surface area contributed by atoms with E-state index in [0.717, 1.165) is 44.7 Å². The first-order valence-corrected chi connectivity index (χ1v) is 6.31. The molecule has 0 aromatic carbocycles. The zero-order valence-corrected chi connectivity index (χ0v) is 10.6. The number of hydrogen-bond donors (Lipinski definition) is 1. The van der Waals surface area contributed by atoms with Gasteiger partial charge in [0.05, 0.1) is 0 Å². The molecule has 1 rings (SSSR count). The van der Waals surface area contributed by atoms with Crippen molar-refractivity contribution < 1.29 is 4.79 Å².